The number of likely N-dealkylation sites (N-methyl/N-ethyl adjacent to an activating group) is 1. The second kappa shape index (κ2) is 11.2. The minimum absolute atomic E-state index is 0.133. The fraction of sp³-hybridized carbons (Fsp3) is 0.593. The number of aromatic nitrogens is 3. The van der Waals surface area contributed by atoms with Crippen LogP contribution in [0.25, 0.3) is 10.9 Å². The third-order valence-corrected chi connectivity index (χ3v) is 8.95. The molecule has 0 bridgehead atoms. The van der Waals surface area contributed by atoms with Crippen LogP contribution in [0.15, 0.2) is 29.9 Å². The number of morpholine rings is 1. The first-order chi connectivity index (χ1) is 18.1. The second-order valence-corrected chi connectivity index (χ2v) is 11.4. The standard InChI is InChI=1S/C27H37N7O2S/c1-31-7-9-32(10-8-31)17-21-18-37-27(30-21)25(35)20-3-2-6-34(16-20)26-23-5-4-22(15-24(23)28-19-29-26)33-11-13-36-14-12-33/h4-5,15,18-20,25,35H,2-3,6-14,16-17H2,1H3. The Kier molecular flexibility index (Phi) is 7.53. The molecule has 0 saturated carbocycles. The molecule has 0 radical (unpaired) electrons. The van der Waals surface area contributed by atoms with Gasteiger partial charge in [-0.05, 0) is 38.1 Å². The topological polar surface area (TPSA) is 81.1 Å². The highest BCUT2D eigenvalue weighted by Crippen LogP contribution is 2.35. The van der Waals surface area contributed by atoms with E-state index < -0.39 is 6.10 Å². The number of benzene rings is 1. The maximum atomic E-state index is 11.3. The van der Waals surface area contributed by atoms with Crippen molar-refractivity contribution in [3.05, 3.63) is 40.6 Å². The number of hydrogen-bond donors (Lipinski definition) is 1. The van der Waals surface area contributed by atoms with Gasteiger partial charge in [-0.15, -0.1) is 11.3 Å². The van der Waals surface area contributed by atoms with E-state index in [2.05, 4.69) is 55.2 Å². The summed E-state index contributed by atoms with van der Waals surface area (Å²) in [5, 5.41) is 15.4. The van der Waals surface area contributed by atoms with Crippen LogP contribution in [0.4, 0.5) is 11.5 Å². The molecule has 3 aromatic rings. The number of fused-ring (bicyclic) bond motifs is 1. The van der Waals surface area contributed by atoms with Gasteiger partial charge in [0.25, 0.3) is 0 Å². The van der Waals surface area contributed by atoms with Crippen molar-refractivity contribution in [2.45, 2.75) is 25.5 Å². The Morgan fingerprint density at radius 1 is 1.05 bits per heavy atom. The largest absolute Gasteiger partial charge is 0.386 e. The number of piperidine rings is 1. The summed E-state index contributed by atoms with van der Waals surface area (Å²) in [6.45, 7) is 10.3. The minimum Gasteiger partial charge on any atom is -0.386 e. The van der Waals surface area contributed by atoms with Crippen molar-refractivity contribution in [2.24, 2.45) is 5.92 Å². The second-order valence-electron chi connectivity index (χ2n) is 10.5. The van der Waals surface area contributed by atoms with Crippen molar-refractivity contribution in [1.29, 1.82) is 0 Å². The third-order valence-electron chi connectivity index (χ3n) is 7.98. The summed E-state index contributed by atoms with van der Waals surface area (Å²) in [4.78, 5) is 23.6. The number of nitrogens with zero attached hydrogens (tertiary/aromatic N) is 7. The van der Waals surface area contributed by atoms with Crippen molar-refractivity contribution in [3.8, 4) is 0 Å². The Hall–Kier alpha value is -2.37. The Bertz CT molecular complexity index is 1190. The highest BCUT2D eigenvalue weighted by Gasteiger charge is 2.30. The average Bonchev–Trinajstić information content (AvgIpc) is 3.42. The fourth-order valence-electron chi connectivity index (χ4n) is 5.73. The zero-order valence-electron chi connectivity index (χ0n) is 21.6. The van der Waals surface area contributed by atoms with Crippen LogP contribution in [0, 0.1) is 5.92 Å². The van der Waals surface area contributed by atoms with Crippen LogP contribution in [-0.2, 0) is 11.3 Å². The molecule has 3 fully saturated rings. The quantitative estimate of drug-likeness (QED) is 0.524. The van der Waals surface area contributed by atoms with Gasteiger partial charge in [0, 0.05) is 81.3 Å². The lowest BCUT2D eigenvalue weighted by Gasteiger charge is -2.36. The van der Waals surface area contributed by atoms with Crippen LogP contribution in [0.5, 0.6) is 0 Å². The summed E-state index contributed by atoms with van der Waals surface area (Å²) < 4.78 is 5.51. The normalized spacial score (nSPS) is 23.0. The van der Waals surface area contributed by atoms with Crippen LogP contribution < -0.4 is 9.80 Å². The van der Waals surface area contributed by atoms with Crippen molar-refractivity contribution in [1.82, 2.24) is 24.8 Å². The van der Waals surface area contributed by atoms with E-state index in [-0.39, 0.29) is 5.92 Å². The summed E-state index contributed by atoms with van der Waals surface area (Å²) in [5.74, 6) is 1.10. The highest BCUT2D eigenvalue weighted by molar-refractivity contribution is 7.09. The van der Waals surface area contributed by atoms with Crippen LogP contribution in [0.1, 0.15) is 29.6 Å². The number of aliphatic hydroxyl groups is 1. The van der Waals surface area contributed by atoms with Crippen LogP contribution in [0.2, 0.25) is 0 Å². The van der Waals surface area contributed by atoms with Gasteiger partial charge in [0.05, 0.1) is 24.4 Å². The van der Waals surface area contributed by atoms with Crippen molar-refractivity contribution in [2.75, 3.05) is 82.4 Å². The number of thiazole rings is 1. The monoisotopic (exact) mass is 523 g/mol. The molecule has 2 unspecified atom stereocenters. The molecule has 1 aromatic carbocycles. The summed E-state index contributed by atoms with van der Waals surface area (Å²) in [6.07, 6.45) is 3.15. The first-order valence-corrected chi connectivity index (χ1v) is 14.4. The predicted octanol–water partition coefficient (Wildman–Crippen LogP) is 2.62. The van der Waals surface area contributed by atoms with E-state index in [0.717, 1.165) is 112 Å². The molecule has 37 heavy (non-hydrogen) atoms. The minimum atomic E-state index is -0.546. The fourth-order valence-corrected chi connectivity index (χ4v) is 6.62. The lowest BCUT2D eigenvalue weighted by atomic mass is 9.92. The van der Waals surface area contributed by atoms with Crippen LogP contribution in [-0.4, -0.2) is 102 Å². The molecular formula is C27H37N7O2S. The summed E-state index contributed by atoms with van der Waals surface area (Å²) in [5.41, 5.74) is 3.22. The van der Waals surface area contributed by atoms with Crippen LogP contribution in [0.3, 0.4) is 0 Å². The predicted molar refractivity (Wildman–Crippen MR) is 147 cm³/mol. The first-order valence-electron chi connectivity index (χ1n) is 13.5. The number of aliphatic hydroxyl groups excluding tert-OH is 1. The zero-order chi connectivity index (χ0) is 25.2. The van der Waals surface area contributed by atoms with E-state index in [9.17, 15) is 5.11 Å². The van der Waals surface area contributed by atoms with E-state index in [0.29, 0.717) is 0 Å². The molecule has 10 heteroatoms. The van der Waals surface area contributed by atoms with Gasteiger partial charge in [-0.1, -0.05) is 0 Å². The Morgan fingerprint density at radius 3 is 2.73 bits per heavy atom. The smallest absolute Gasteiger partial charge is 0.139 e. The molecule has 3 saturated heterocycles. The first kappa shape index (κ1) is 24.9. The molecule has 5 heterocycles. The Labute approximate surface area is 222 Å². The third kappa shape index (κ3) is 5.58. The molecule has 6 rings (SSSR count). The average molecular weight is 524 g/mol. The van der Waals surface area contributed by atoms with E-state index in [1.54, 1.807) is 17.7 Å². The molecule has 3 aliphatic rings. The molecule has 0 spiro atoms. The molecule has 2 aromatic heterocycles. The number of piperazine rings is 1. The zero-order valence-corrected chi connectivity index (χ0v) is 22.4. The van der Waals surface area contributed by atoms with Gasteiger partial charge in [-0.3, -0.25) is 4.90 Å². The maximum Gasteiger partial charge on any atom is 0.139 e. The lowest BCUT2D eigenvalue weighted by Crippen LogP contribution is -2.43. The van der Waals surface area contributed by atoms with Gasteiger partial charge < -0.3 is 24.5 Å². The molecule has 9 nitrogen and oxygen atoms in total. The van der Waals surface area contributed by atoms with Gasteiger partial charge in [0.2, 0.25) is 0 Å². The van der Waals surface area contributed by atoms with Gasteiger partial charge in [0.15, 0.2) is 0 Å². The molecule has 3 aliphatic heterocycles. The molecule has 2 atom stereocenters. The van der Waals surface area contributed by atoms with Crippen molar-refractivity contribution >= 4 is 33.7 Å². The lowest BCUT2D eigenvalue weighted by molar-refractivity contribution is 0.0972. The number of hydrogen-bond acceptors (Lipinski definition) is 10. The van der Waals surface area contributed by atoms with Gasteiger partial charge in [-0.25, -0.2) is 15.0 Å². The SMILES string of the molecule is CN1CCN(Cc2csc(C(O)C3CCCN(c4ncnc5cc(N6CCOCC6)ccc45)C3)n2)CC1. The van der Waals surface area contributed by atoms with Gasteiger partial charge in [0.1, 0.15) is 23.3 Å². The molecular weight excluding hydrogens is 486 g/mol. The number of rotatable bonds is 6. The van der Waals surface area contributed by atoms with Crippen molar-refractivity contribution < 1.29 is 9.84 Å². The van der Waals surface area contributed by atoms with E-state index >= 15 is 0 Å². The summed E-state index contributed by atoms with van der Waals surface area (Å²) in [7, 11) is 2.18. The van der Waals surface area contributed by atoms with Crippen molar-refractivity contribution in [3.63, 3.8) is 0 Å². The Balaban J connectivity index is 1.14. The molecule has 1 N–H and O–H groups in total. The summed E-state index contributed by atoms with van der Waals surface area (Å²) >= 11 is 1.60. The molecule has 0 aliphatic carbocycles. The Morgan fingerprint density at radius 2 is 1.89 bits per heavy atom. The molecule has 198 valence electrons. The van der Waals surface area contributed by atoms with Gasteiger partial charge in [-0.2, -0.15) is 0 Å². The highest BCUT2D eigenvalue weighted by atomic mass is 32.1. The van der Waals surface area contributed by atoms with Crippen LogP contribution >= 0.6 is 11.3 Å². The number of ether oxygens (including phenoxy) is 1. The van der Waals surface area contributed by atoms with E-state index in [1.165, 1.54) is 5.69 Å². The molecule has 0 amide bonds. The maximum absolute atomic E-state index is 11.3. The number of anilines is 2. The van der Waals surface area contributed by atoms with E-state index in [4.69, 9.17) is 14.7 Å². The van der Waals surface area contributed by atoms with Gasteiger partial charge >= 0.3 is 0 Å². The van der Waals surface area contributed by atoms with E-state index in [1.807, 2.05) is 0 Å². The summed E-state index contributed by atoms with van der Waals surface area (Å²) in [6, 6.07) is 6.49.